The molecule has 98 valence electrons. The van der Waals surface area contributed by atoms with E-state index >= 15 is 0 Å². The van der Waals surface area contributed by atoms with Crippen LogP contribution in [0.1, 0.15) is 46.1 Å². The molecule has 5 nitrogen and oxygen atoms in total. The van der Waals surface area contributed by atoms with Crippen molar-refractivity contribution in [3.8, 4) is 11.5 Å². The zero-order valence-electron chi connectivity index (χ0n) is 10.8. The van der Waals surface area contributed by atoms with Crippen LogP contribution in [0.3, 0.4) is 0 Å². The summed E-state index contributed by atoms with van der Waals surface area (Å²) in [6.45, 7) is 3.62. The summed E-state index contributed by atoms with van der Waals surface area (Å²) in [6.07, 6.45) is 2.16. The third-order valence-corrected chi connectivity index (χ3v) is 3.43. The van der Waals surface area contributed by atoms with Crippen molar-refractivity contribution in [2.24, 2.45) is 0 Å². The van der Waals surface area contributed by atoms with Crippen molar-refractivity contribution in [3.05, 3.63) is 34.6 Å². The molecule has 1 aromatic carbocycles. The van der Waals surface area contributed by atoms with Gasteiger partial charge in [-0.25, -0.2) is 4.79 Å². The predicted octanol–water partition coefficient (Wildman–Crippen LogP) is 2.93. The number of rotatable bonds is 3. The first-order chi connectivity index (χ1) is 9.08. The van der Waals surface area contributed by atoms with E-state index in [-0.39, 0.29) is 5.56 Å². The van der Waals surface area contributed by atoms with E-state index in [1.54, 1.807) is 13.0 Å². The number of carbonyl (C=O) groups is 1. The molecule has 1 heterocycles. The SMILES string of the molecule is Cc1ccc(C)c(-c2nc(C3CC3)no2)c1C(=O)O. The second-order valence-electron chi connectivity index (χ2n) is 4.99. The number of benzene rings is 1. The monoisotopic (exact) mass is 258 g/mol. The number of carboxylic acids is 1. The molecule has 0 bridgehead atoms. The lowest BCUT2D eigenvalue weighted by molar-refractivity contribution is 0.0696. The standard InChI is InChI=1S/C14H14N2O3/c1-7-3-4-8(2)11(14(17)18)10(7)13-15-12(16-19-13)9-5-6-9/h3-4,9H,5-6H2,1-2H3,(H,17,18). The molecule has 0 radical (unpaired) electrons. The van der Waals surface area contributed by atoms with Crippen LogP contribution in [0.25, 0.3) is 11.5 Å². The van der Waals surface area contributed by atoms with Crippen LogP contribution in [-0.2, 0) is 0 Å². The average Bonchev–Trinajstić information content (AvgIpc) is 3.10. The number of aromatic nitrogens is 2. The molecule has 3 rings (SSSR count). The zero-order valence-corrected chi connectivity index (χ0v) is 10.8. The summed E-state index contributed by atoms with van der Waals surface area (Å²) in [7, 11) is 0. The van der Waals surface area contributed by atoms with Crippen molar-refractivity contribution >= 4 is 5.97 Å². The van der Waals surface area contributed by atoms with Crippen LogP contribution in [-0.4, -0.2) is 21.2 Å². The molecule has 0 unspecified atom stereocenters. The highest BCUT2D eigenvalue weighted by Crippen LogP contribution is 2.39. The zero-order chi connectivity index (χ0) is 13.6. The quantitative estimate of drug-likeness (QED) is 0.915. The second-order valence-corrected chi connectivity index (χ2v) is 4.99. The summed E-state index contributed by atoms with van der Waals surface area (Å²) >= 11 is 0. The average molecular weight is 258 g/mol. The molecule has 1 N–H and O–H groups in total. The molecule has 0 amide bonds. The molecule has 1 aliphatic carbocycles. The van der Waals surface area contributed by atoms with Crippen molar-refractivity contribution in [2.45, 2.75) is 32.6 Å². The van der Waals surface area contributed by atoms with Crippen LogP contribution < -0.4 is 0 Å². The van der Waals surface area contributed by atoms with Crippen molar-refractivity contribution < 1.29 is 14.4 Å². The maximum absolute atomic E-state index is 11.4. The summed E-state index contributed by atoms with van der Waals surface area (Å²) in [5, 5.41) is 13.3. The highest BCUT2D eigenvalue weighted by atomic mass is 16.5. The van der Waals surface area contributed by atoms with Crippen molar-refractivity contribution in [3.63, 3.8) is 0 Å². The number of aromatic carboxylic acids is 1. The molecule has 1 saturated carbocycles. The Morgan fingerprint density at radius 3 is 2.63 bits per heavy atom. The number of carboxylic acid groups (broad SMARTS) is 1. The topological polar surface area (TPSA) is 76.2 Å². The molecular weight excluding hydrogens is 244 g/mol. The van der Waals surface area contributed by atoms with E-state index in [0.717, 1.165) is 18.4 Å². The molecular formula is C14H14N2O3. The number of hydrogen-bond acceptors (Lipinski definition) is 4. The van der Waals surface area contributed by atoms with Gasteiger partial charge in [0, 0.05) is 5.92 Å². The predicted molar refractivity (Wildman–Crippen MR) is 68.1 cm³/mol. The van der Waals surface area contributed by atoms with Gasteiger partial charge in [0.1, 0.15) is 0 Å². The first kappa shape index (κ1) is 11.9. The molecule has 1 fully saturated rings. The molecule has 5 heteroatoms. The van der Waals surface area contributed by atoms with E-state index in [4.69, 9.17) is 4.52 Å². The van der Waals surface area contributed by atoms with Gasteiger partial charge in [-0.2, -0.15) is 4.98 Å². The normalized spacial score (nSPS) is 14.6. The first-order valence-electron chi connectivity index (χ1n) is 6.25. The minimum absolute atomic E-state index is 0.242. The number of aryl methyl sites for hydroxylation is 2. The van der Waals surface area contributed by atoms with Gasteiger partial charge in [0.05, 0.1) is 11.1 Å². The van der Waals surface area contributed by atoms with Gasteiger partial charge in [0.25, 0.3) is 5.89 Å². The number of hydrogen-bond donors (Lipinski definition) is 1. The van der Waals surface area contributed by atoms with E-state index < -0.39 is 5.97 Å². The van der Waals surface area contributed by atoms with E-state index in [1.807, 2.05) is 13.0 Å². The maximum atomic E-state index is 11.4. The molecule has 19 heavy (non-hydrogen) atoms. The van der Waals surface area contributed by atoms with Crippen LogP contribution >= 0.6 is 0 Å². The van der Waals surface area contributed by atoms with Gasteiger partial charge in [-0.15, -0.1) is 0 Å². The van der Waals surface area contributed by atoms with Gasteiger partial charge in [-0.1, -0.05) is 17.3 Å². The molecule has 2 aromatic rings. The van der Waals surface area contributed by atoms with Crippen LogP contribution in [0, 0.1) is 13.8 Å². The van der Waals surface area contributed by atoms with Gasteiger partial charge < -0.3 is 9.63 Å². The fourth-order valence-corrected chi connectivity index (χ4v) is 2.21. The van der Waals surface area contributed by atoms with Gasteiger partial charge >= 0.3 is 5.97 Å². The van der Waals surface area contributed by atoms with Crippen molar-refractivity contribution in [2.75, 3.05) is 0 Å². The molecule has 0 saturated heterocycles. The Labute approximate surface area is 110 Å². The molecule has 0 atom stereocenters. The Kier molecular flexibility index (Phi) is 2.62. The Balaban J connectivity index is 2.16. The fourth-order valence-electron chi connectivity index (χ4n) is 2.21. The van der Waals surface area contributed by atoms with Gasteiger partial charge in [0.15, 0.2) is 5.82 Å². The summed E-state index contributed by atoms with van der Waals surface area (Å²) in [5.74, 6) is 0.408. The molecule has 1 aromatic heterocycles. The first-order valence-corrected chi connectivity index (χ1v) is 6.25. The van der Waals surface area contributed by atoms with E-state index in [0.29, 0.717) is 28.8 Å². The van der Waals surface area contributed by atoms with Crippen molar-refractivity contribution in [1.82, 2.24) is 10.1 Å². The van der Waals surface area contributed by atoms with Gasteiger partial charge in [-0.3, -0.25) is 0 Å². The van der Waals surface area contributed by atoms with Gasteiger partial charge in [-0.05, 0) is 37.8 Å². The van der Waals surface area contributed by atoms with Crippen LogP contribution in [0.5, 0.6) is 0 Å². The summed E-state index contributed by atoms with van der Waals surface area (Å²) in [6, 6.07) is 3.67. The van der Waals surface area contributed by atoms with E-state index in [2.05, 4.69) is 10.1 Å². The Morgan fingerprint density at radius 2 is 2.00 bits per heavy atom. The Morgan fingerprint density at radius 1 is 1.32 bits per heavy atom. The molecule has 0 aliphatic heterocycles. The highest BCUT2D eigenvalue weighted by Gasteiger charge is 2.30. The van der Waals surface area contributed by atoms with E-state index in [1.165, 1.54) is 0 Å². The minimum atomic E-state index is -0.970. The third kappa shape index (κ3) is 2.01. The maximum Gasteiger partial charge on any atom is 0.336 e. The van der Waals surface area contributed by atoms with Crippen LogP contribution in [0.2, 0.25) is 0 Å². The lowest BCUT2D eigenvalue weighted by Gasteiger charge is -2.08. The lowest BCUT2D eigenvalue weighted by atomic mass is 9.97. The Bertz CT molecular complexity index is 657. The third-order valence-electron chi connectivity index (χ3n) is 3.43. The highest BCUT2D eigenvalue weighted by molar-refractivity contribution is 5.97. The minimum Gasteiger partial charge on any atom is -0.478 e. The summed E-state index contributed by atoms with van der Waals surface area (Å²) < 4.78 is 5.25. The van der Waals surface area contributed by atoms with Crippen molar-refractivity contribution in [1.29, 1.82) is 0 Å². The Hall–Kier alpha value is -2.17. The van der Waals surface area contributed by atoms with E-state index in [9.17, 15) is 9.90 Å². The smallest absolute Gasteiger partial charge is 0.336 e. The molecule has 1 aliphatic rings. The van der Waals surface area contributed by atoms with Crippen LogP contribution in [0.15, 0.2) is 16.7 Å². The lowest BCUT2D eigenvalue weighted by Crippen LogP contribution is -2.04. The summed E-state index contributed by atoms with van der Waals surface area (Å²) in [5.41, 5.74) is 2.30. The summed E-state index contributed by atoms with van der Waals surface area (Å²) in [4.78, 5) is 15.8. The van der Waals surface area contributed by atoms with Crippen LogP contribution in [0.4, 0.5) is 0 Å². The fraction of sp³-hybridized carbons (Fsp3) is 0.357. The van der Waals surface area contributed by atoms with Gasteiger partial charge in [0.2, 0.25) is 0 Å². The largest absolute Gasteiger partial charge is 0.478 e. The number of nitrogens with zero attached hydrogens (tertiary/aromatic N) is 2. The second kappa shape index (κ2) is 4.19. The molecule has 0 spiro atoms.